The zero-order chi connectivity index (χ0) is 13.3. The molecule has 0 radical (unpaired) electrons. The molecule has 0 aromatic heterocycles. The van der Waals surface area contributed by atoms with E-state index >= 15 is 0 Å². The van der Waals surface area contributed by atoms with Crippen molar-refractivity contribution in [3.63, 3.8) is 0 Å². The van der Waals surface area contributed by atoms with Crippen LogP contribution in [-0.4, -0.2) is 10.4 Å². The summed E-state index contributed by atoms with van der Waals surface area (Å²) in [7, 11) is 0. The number of carbonyl (C=O) groups excluding carboxylic acids is 1. The van der Waals surface area contributed by atoms with E-state index in [1.54, 1.807) is 0 Å². The van der Waals surface area contributed by atoms with Crippen molar-refractivity contribution in [1.82, 2.24) is 0 Å². The van der Waals surface area contributed by atoms with Crippen LogP contribution in [0.25, 0.3) is 10.8 Å². The summed E-state index contributed by atoms with van der Waals surface area (Å²) in [5.74, 6) is -0.0731. The van der Waals surface area contributed by atoms with E-state index < -0.39 is 5.60 Å². The van der Waals surface area contributed by atoms with Gasteiger partial charge < -0.3 is 4.74 Å². The number of rotatable bonds is 2. The Kier molecular flexibility index (Phi) is 3.48. The molecule has 1 saturated heterocycles. The fourth-order valence-corrected chi connectivity index (χ4v) is 3.66. The number of carbonyl (C=O) groups is 1. The second-order valence-electron chi connectivity index (χ2n) is 5.02. The van der Waals surface area contributed by atoms with Gasteiger partial charge in [0.2, 0.25) is 0 Å². The molecule has 3 heteroatoms. The molecule has 0 amide bonds. The van der Waals surface area contributed by atoms with Gasteiger partial charge in [0.1, 0.15) is 5.60 Å². The second kappa shape index (κ2) is 5.12. The number of fused-ring (bicyclic) bond motifs is 1. The first-order chi connectivity index (χ1) is 9.23. The molecule has 2 aromatic carbocycles. The Morgan fingerprint density at radius 3 is 2.68 bits per heavy atom. The van der Waals surface area contributed by atoms with Crippen LogP contribution in [0.5, 0.6) is 0 Å². The zero-order valence-corrected chi connectivity index (χ0v) is 12.7. The highest BCUT2D eigenvalue weighted by molar-refractivity contribution is 14.1. The van der Waals surface area contributed by atoms with Gasteiger partial charge in [-0.1, -0.05) is 59.0 Å². The predicted molar refractivity (Wildman–Crippen MR) is 84.5 cm³/mol. The third-order valence-electron chi connectivity index (χ3n) is 3.76. The minimum atomic E-state index is -0.431. The normalized spacial score (nSPS) is 23.3. The van der Waals surface area contributed by atoms with Crippen LogP contribution in [0.2, 0.25) is 0 Å². The Hall–Kier alpha value is -1.10. The van der Waals surface area contributed by atoms with E-state index in [1.165, 1.54) is 10.8 Å². The minimum absolute atomic E-state index is 0.0731. The Morgan fingerprint density at radius 1 is 1.16 bits per heavy atom. The summed E-state index contributed by atoms with van der Waals surface area (Å²) < 4.78 is 6.51. The molecular weight excluding hydrogens is 351 g/mol. The third kappa shape index (κ3) is 2.36. The van der Waals surface area contributed by atoms with Crippen LogP contribution in [0.1, 0.15) is 24.8 Å². The minimum Gasteiger partial charge on any atom is -0.453 e. The number of hydrogen-bond acceptors (Lipinski definition) is 2. The summed E-state index contributed by atoms with van der Waals surface area (Å²) >= 11 is 2.32. The lowest BCUT2D eigenvalue weighted by molar-refractivity contribution is -0.165. The van der Waals surface area contributed by atoms with Crippen molar-refractivity contribution in [3.8, 4) is 0 Å². The van der Waals surface area contributed by atoms with Crippen molar-refractivity contribution in [2.45, 2.75) is 24.9 Å². The molecule has 0 bridgehead atoms. The lowest BCUT2D eigenvalue weighted by atomic mass is 9.87. The van der Waals surface area contributed by atoms with Crippen molar-refractivity contribution >= 4 is 39.3 Å². The van der Waals surface area contributed by atoms with Gasteiger partial charge in [-0.25, -0.2) is 0 Å². The van der Waals surface area contributed by atoms with E-state index in [0.29, 0.717) is 6.42 Å². The molecule has 0 spiro atoms. The molecule has 2 nitrogen and oxygen atoms in total. The number of esters is 1. The first-order valence-electron chi connectivity index (χ1n) is 6.51. The van der Waals surface area contributed by atoms with Gasteiger partial charge in [-0.15, -0.1) is 0 Å². The highest BCUT2D eigenvalue weighted by atomic mass is 127. The van der Waals surface area contributed by atoms with Gasteiger partial charge in [0, 0.05) is 10.8 Å². The Balaban J connectivity index is 2.08. The van der Waals surface area contributed by atoms with Crippen LogP contribution in [-0.2, 0) is 15.1 Å². The summed E-state index contributed by atoms with van der Waals surface area (Å²) in [6.07, 6.45) is 2.38. The van der Waals surface area contributed by atoms with Crippen LogP contribution in [0, 0.1) is 0 Å². The highest BCUT2D eigenvalue weighted by Crippen LogP contribution is 2.38. The average molecular weight is 366 g/mol. The summed E-state index contributed by atoms with van der Waals surface area (Å²) in [6.45, 7) is 0. The predicted octanol–water partition coefficient (Wildman–Crippen LogP) is 4.20. The molecule has 1 aliphatic heterocycles. The maximum Gasteiger partial charge on any atom is 0.306 e. The van der Waals surface area contributed by atoms with Crippen LogP contribution in [0.3, 0.4) is 0 Å². The van der Waals surface area contributed by atoms with Gasteiger partial charge >= 0.3 is 5.97 Å². The number of halogens is 1. The Labute approximate surface area is 126 Å². The van der Waals surface area contributed by atoms with Crippen molar-refractivity contribution in [2.24, 2.45) is 0 Å². The smallest absolute Gasteiger partial charge is 0.306 e. The number of hydrogen-bond donors (Lipinski definition) is 0. The molecule has 3 rings (SSSR count). The first-order valence-corrected chi connectivity index (χ1v) is 8.03. The second-order valence-corrected chi connectivity index (χ2v) is 5.78. The molecule has 2 aromatic rings. The summed E-state index contributed by atoms with van der Waals surface area (Å²) in [4.78, 5) is 11.6. The maximum atomic E-state index is 11.6. The molecule has 1 fully saturated rings. The monoisotopic (exact) mass is 366 g/mol. The van der Waals surface area contributed by atoms with Crippen LogP contribution in [0.15, 0.2) is 42.5 Å². The number of benzene rings is 2. The van der Waals surface area contributed by atoms with Crippen LogP contribution in [0.4, 0.5) is 0 Å². The van der Waals surface area contributed by atoms with Crippen molar-refractivity contribution in [3.05, 3.63) is 48.0 Å². The maximum absolute atomic E-state index is 11.6. The van der Waals surface area contributed by atoms with E-state index in [2.05, 4.69) is 52.9 Å². The molecule has 1 atom stereocenters. The summed E-state index contributed by atoms with van der Waals surface area (Å²) in [5, 5.41) is 2.42. The van der Waals surface area contributed by atoms with E-state index in [4.69, 9.17) is 4.74 Å². The van der Waals surface area contributed by atoms with E-state index in [-0.39, 0.29) is 5.97 Å². The topological polar surface area (TPSA) is 26.3 Å². The van der Waals surface area contributed by atoms with E-state index in [0.717, 1.165) is 22.8 Å². The molecule has 0 unspecified atom stereocenters. The quantitative estimate of drug-likeness (QED) is 0.453. The lowest BCUT2D eigenvalue weighted by Gasteiger charge is -2.35. The largest absolute Gasteiger partial charge is 0.453 e. The van der Waals surface area contributed by atoms with Gasteiger partial charge in [-0.05, 0) is 35.2 Å². The highest BCUT2D eigenvalue weighted by Gasteiger charge is 2.38. The molecular formula is C16H15IO2. The molecule has 1 heterocycles. The summed E-state index contributed by atoms with van der Waals surface area (Å²) in [5.41, 5.74) is 0.688. The summed E-state index contributed by atoms with van der Waals surface area (Å²) in [6, 6.07) is 14.6. The van der Waals surface area contributed by atoms with Gasteiger partial charge in [0.05, 0.1) is 0 Å². The molecule has 0 N–H and O–H groups in total. The Morgan fingerprint density at radius 2 is 1.95 bits per heavy atom. The number of ether oxygens (including phenoxy) is 1. The van der Waals surface area contributed by atoms with Gasteiger partial charge in [-0.2, -0.15) is 0 Å². The van der Waals surface area contributed by atoms with Crippen molar-refractivity contribution < 1.29 is 9.53 Å². The van der Waals surface area contributed by atoms with Gasteiger partial charge in [0.15, 0.2) is 0 Å². The number of cyclic esters (lactones) is 1. The first kappa shape index (κ1) is 12.9. The van der Waals surface area contributed by atoms with Gasteiger partial charge in [-0.3, -0.25) is 4.79 Å². The van der Waals surface area contributed by atoms with Crippen molar-refractivity contribution in [1.29, 1.82) is 0 Å². The third-order valence-corrected chi connectivity index (χ3v) is 4.99. The molecule has 0 aliphatic carbocycles. The number of alkyl halides is 1. The standard InChI is InChI=1S/C16H15IO2/c17-11-16(9-3-6-15(18)19-16)14-8-7-12-4-1-2-5-13(12)10-14/h1-2,4-5,7-8,10H,3,6,9,11H2/t16-/m1/s1. The Bertz CT molecular complexity index is 623. The average Bonchev–Trinajstić information content (AvgIpc) is 2.46. The molecule has 19 heavy (non-hydrogen) atoms. The van der Waals surface area contributed by atoms with Gasteiger partial charge in [0.25, 0.3) is 0 Å². The molecule has 98 valence electrons. The zero-order valence-electron chi connectivity index (χ0n) is 10.6. The van der Waals surface area contributed by atoms with E-state index in [9.17, 15) is 4.79 Å². The fourth-order valence-electron chi connectivity index (χ4n) is 2.69. The fraction of sp³-hybridized carbons (Fsp3) is 0.312. The van der Waals surface area contributed by atoms with Crippen LogP contribution >= 0.6 is 22.6 Å². The van der Waals surface area contributed by atoms with E-state index in [1.807, 2.05) is 12.1 Å². The molecule has 1 aliphatic rings. The SMILES string of the molecule is O=C1CCC[C@@](CI)(c2ccc3ccccc3c2)O1. The lowest BCUT2D eigenvalue weighted by Crippen LogP contribution is -2.37. The van der Waals surface area contributed by atoms with Crippen LogP contribution < -0.4 is 0 Å². The molecule has 0 saturated carbocycles. The van der Waals surface area contributed by atoms with Crippen molar-refractivity contribution in [2.75, 3.05) is 4.43 Å².